The first-order valence-electron chi connectivity index (χ1n) is 4.18. The van der Waals surface area contributed by atoms with E-state index < -0.39 is 17.5 Å². The lowest BCUT2D eigenvalue weighted by molar-refractivity contribution is 0.506. The maximum absolute atomic E-state index is 13.1. The van der Waals surface area contributed by atoms with Crippen molar-refractivity contribution in [2.75, 3.05) is 0 Å². The van der Waals surface area contributed by atoms with Crippen LogP contribution in [0.25, 0.3) is 0 Å². The Labute approximate surface area is 93.5 Å². The molecule has 0 unspecified atom stereocenters. The van der Waals surface area contributed by atoms with Gasteiger partial charge in [0, 0.05) is 4.90 Å². The van der Waals surface area contributed by atoms with Crippen molar-refractivity contribution in [1.29, 1.82) is 0 Å². The maximum Gasteiger partial charge on any atom is 0.199 e. The molecule has 0 N–H and O–H groups in total. The fourth-order valence-electron chi connectivity index (χ4n) is 0.992. The molecule has 16 heavy (non-hydrogen) atoms. The number of hydrogen-bond acceptors (Lipinski definition) is 3. The Kier molecular flexibility index (Phi) is 3.09. The number of benzene rings is 1. The summed E-state index contributed by atoms with van der Waals surface area (Å²) in [5.41, 5.74) is 0. The molecule has 1 heterocycles. The molecule has 0 aliphatic heterocycles. The first-order chi connectivity index (χ1) is 7.66. The first kappa shape index (κ1) is 10.9. The first-order valence-corrected chi connectivity index (χ1v) is 5.00. The molecule has 0 saturated carbocycles. The smallest absolute Gasteiger partial charge is 0.199 e. The van der Waals surface area contributed by atoms with E-state index in [4.69, 9.17) is 0 Å². The van der Waals surface area contributed by atoms with Gasteiger partial charge in [0.15, 0.2) is 23.8 Å². The molecule has 6 heteroatoms. The van der Waals surface area contributed by atoms with E-state index in [0.29, 0.717) is 4.90 Å². The highest BCUT2D eigenvalue weighted by molar-refractivity contribution is 7.99. The highest BCUT2D eigenvalue weighted by Crippen LogP contribution is 2.28. The summed E-state index contributed by atoms with van der Waals surface area (Å²) in [5, 5.41) is 0.0148. The highest BCUT2D eigenvalue weighted by Gasteiger charge is 2.08. The summed E-state index contributed by atoms with van der Waals surface area (Å²) in [6, 6.07) is 3.28. The van der Waals surface area contributed by atoms with Crippen LogP contribution in [0.5, 0.6) is 0 Å². The lowest BCUT2D eigenvalue weighted by atomic mass is 10.3. The molecule has 0 aliphatic rings. The predicted octanol–water partition coefficient (Wildman–Crippen LogP) is 2.85. The molecule has 1 aromatic carbocycles. The Morgan fingerprint density at radius 3 is 2.56 bits per heavy atom. The van der Waals surface area contributed by atoms with E-state index in [1.807, 2.05) is 0 Å². The van der Waals surface area contributed by atoms with Crippen LogP contribution in [0.15, 0.2) is 34.3 Å². The lowest BCUT2D eigenvalue weighted by Crippen LogP contribution is -1.89. The van der Waals surface area contributed by atoms with Gasteiger partial charge in [0.25, 0.3) is 0 Å². The molecule has 0 amide bonds. The minimum atomic E-state index is -0.983. The van der Waals surface area contributed by atoms with E-state index in [-0.39, 0.29) is 5.03 Å². The van der Waals surface area contributed by atoms with E-state index in [1.165, 1.54) is 6.07 Å². The summed E-state index contributed by atoms with van der Waals surface area (Å²) in [6.07, 6.45) is 3.17. The van der Waals surface area contributed by atoms with Gasteiger partial charge in [-0.2, -0.15) is 0 Å². The zero-order valence-electron chi connectivity index (χ0n) is 7.75. The molecule has 2 nitrogen and oxygen atoms in total. The number of rotatable bonds is 2. The molecule has 0 spiro atoms. The minimum absolute atomic E-state index is 0.0148. The summed E-state index contributed by atoms with van der Waals surface area (Å²) < 4.78 is 38.6. The Morgan fingerprint density at radius 1 is 1.06 bits per heavy atom. The fourth-order valence-corrected chi connectivity index (χ4v) is 1.75. The molecule has 0 bridgehead atoms. The standard InChI is InChI=1S/C10H4F3N2S/c11-7-2-1-6(3-8(7)12)16-10-9(13)4-14-5-15-10/h1-4H. The van der Waals surface area contributed by atoms with Crippen LogP contribution in [0.2, 0.25) is 0 Å². The number of aromatic nitrogens is 2. The molecule has 2 aromatic rings. The predicted molar refractivity (Wildman–Crippen MR) is 51.3 cm³/mol. The van der Waals surface area contributed by atoms with Gasteiger partial charge in [-0.3, -0.25) is 0 Å². The number of halogens is 3. The minimum Gasteiger partial charge on any atom is -0.231 e. The average Bonchev–Trinajstić information content (AvgIpc) is 2.27. The van der Waals surface area contributed by atoms with E-state index in [0.717, 1.165) is 30.1 Å². The fraction of sp³-hybridized carbons (Fsp3) is 0. The number of nitrogens with zero attached hydrogens (tertiary/aromatic N) is 2. The van der Waals surface area contributed by atoms with Crippen LogP contribution in [0, 0.1) is 23.8 Å². The van der Waals surface area contributed by atoms with E-state index >= 15 is 0 Å². The summed E-state index contributed by atoms with van der Waals surface area (Å²) in [5.74, 6) is -2.56. The molecular formula is C10H4F3N2S. The molecule has 0 saturated heterocycles. The average molecular weight is 241 g/mol. The van der Waals surface area contributed by atoms with Crippen LogP contribution in [0.3, 0.4) is 0 Å². The van der Waals surface area contributed by atoms with E-state index in [9.17, 15) is 13.2 Å². The molecule has 0 atom stereocenters. The largest absolute Gasteiger partial charge is 0.231 e. The van der Waals surface area contributed by atoms with E-state index in [1.54, 1.807) is 0 Å². The normalized spacial score (nSPS) is 10.4. The van der Waals surface area contributed by atoms with Crippen molar-refractivity contribution in [2.24, 2.45) is 0 Å². The molecule has 81 valence electrons. The van der Waals surface area contributed by atoms with Crippen LogP contribution in [0.1, 0.15) is 0 Å². The quantitative estimate of drug-likeness (QED) is 0.756. The van der Waals surface area contributed by atoms with Crippen LogP contribution < -0.4 is 0 Å². The van der Waals surface area contributed by atoms with Crippen molar-refractivity contribution in [3.8, 4) is 0 Å². The summed E-state index contributed by atoms with van der Waals surface area (Å²) >= 11 is 0.873. The lowest BCUT2D eigenvalue weighted by Gasteiger charge is -2.01. The zero-order chi connectivity index (χ0) is 11.5. The van der Waals surface area contributed by atoms with Crippen molar-refractivity contribution in [1.82, 2.24) is 9.97 Å². The van der Waals surface area contributed by atoms with Gasteiger partial charge in [-0.05, 0) is 18.2 Å². The second-order valence-corrected chi connectivity index (χ2v) is 3.86. The molecule has 0 fully saturated rings. The van der Waals surface area contributed by atoms with Crippen LogP contribution in [-0.2, 0) is 0 Å². The zero-order valence-corrected chi connectivity index (χ0v) is 8.56. The Hall–Kier alpha value is -1.56. The van der Waals surface area contributed by atoms with Gasteiger partial charge in [-0.1, -0.05) is 11.8 Å². The second-order valence-electron chi connectivity index (χ2n) is 2.80. The Balaban J connectivity index is 2.28. The summed E-state index contributed by atoms with van der Waals surface area (Å²) in [4.78, 5) is 7.27. The second kappa shape index (κ2) is 4.52. The number of hydrogen-bond donors (Lipinski definition) is 0. The summed E-state index contributed by atoms with van der Waals surface area (Å²) in [6.45, 7) is 0. The van der Waals surface area contributed by atoms with Crippen molar-refractivity contribution >= 4 is 11.8 Å². The van der Waals surface area contributed by atoms with Crippen LogP contribution in [-0.4, -0.2) is 9.97 Å². The van der Waals surface area contributed by atoms with Gasteiger partial charge in [0.2, 0.25) is 0 Å². The van der Waals surface area contributed by atoms with Crippen molar-refractivity contribution in [2.45, 2.75) is 9.92 Å². The van der Waals surface area contributed by atoms with E-state index in [2.05, 4.69) is 16.3 Å². The Morgan fingerprint density at radius 2 is 1.88 bits per heavy atom. The summed E-state index contributed by atoms with van der Waals surface area (Å²) in [7, 11) is 0. The van der Waals surface area contributed by atoms with Crippen molar-refractivity contribution in [3.63, 3.8) is 0 Å². The van der Waals surface area contributed by atoms with Crippen LogP contribution >= 0.6 is 11.8 Å². The topological polar surface area (TPSA) is 25.8 Å². The third-order valence-electron chi connectivity index (χ3n) is 1.70. The van der Waals surface area contributed by atoms with Gasteiger partial charge in [-0.15, -0.1) is 0 Å². The monoisotopic (exact) mass is 241 g/mol. The van der Waals surface area contributed by atoms with Crippen molar-refractivity contribution < 1.29 is 13.2 Å². The third-order valence-corrected chi connectivity index (χ3v) is 2.67. The molecule has 1 aromatic heterocycles. The van der Waals surface area contributed by atoms with Gasteiger partial charge >= 0.3 is 0 Å². The molecular weight excluding hydrogens is 237 g/mol. The highest BCUT2D eigenvalue weighted by atomic mass is 32.2. The molecule has 0 aliphatic carbocycles. The molecule has 1 radical (unpaired) electrons. The van der Waals surface area contributed by atoms with Crippen molar-refractivity contribution in [3.05, 3.63) is 48.2 Å². The van der Waals surface area contributed by atoms with Gasteiger partial charge in [0.1, 0.15) is 5.03 Å². The SMILES string of the molecule is Fc1ccc(Sc2n[c]ncc2F)cc1F. The Bertz CT molecular complexity index is 519. The van der Waals surface area contributed by atoms with Gasteiger partial charge in [0.05, 0.1) is 6.20 Å². The van der Waals surface area contributed by atoms with Gasteiger partial charge in [-0.25, -0.2) is 23.1 Å². The third kappa shape index (κ3) is 2.33. The molecule has 2 rings (SSSR count). The maximum atomic E-state index is 13.1. The van der Waals surface area contributed by atoms with Gasteiger partial charge < -0.3 is 0 Å². The van der Waals surface area contributed by atoms with Crippen LogP contribution in [0.4, 0.5) is 13.2 Å².